The van der Waals surface area contributed by atoms with Crippen LogP contribution in [0.15, 0.2) is 71.5 Å². The minimum Gasteiger partial charge on any atom is -0.494 e. The molecule has 1 amide bonds. The summed E-state index contributed by atoms with van der Waals surface area (Å²) in [5, 5.41) is 3.91. The van der Waals surface area contributed by atoms with Crippen LogP contribution in [0.1, 0.15) is 16.2 Å². The van der Waals surface area contributed by atoms with Crippen LogP contribution in [-0.2, 0) is 0 Å². The maximum atomic E-state index is 13.0. The third-order valence-corrected chi connectivity index (χ3v) is 4.99. The molecule has 0 saturated carbocycles. The van der Waals surface area contributed by atoms with Gasteiger partial charge in [-0.2, -0.15) is 0 Å². The lowest BCUT2D eigenvalue weighted by molar-refractivity contribution is 0.102. The first-order valence-corrected chi connectivity index (χ1v) is 9.59. The molecule has 4 aromatic rings. The van der Waals surface area contributed by atoms with Gasteiger partial charge in [0.1, 0.15) is 11.6 Å². The van der Waals surface area contributed by atoms with Gasteiger partial charge in [0.2, 0.25) is 0 Å². The monoisotopic (exact) mass is 419 g/mol. The van der Waals surface area contributed by atoms with Gasteiger partial charge in [-0.3, -0.25) is 14.2 Å². The predicted molar refractivity (Wildman–Crippen MR) is 118 cm³/mol. The molecule has 30 heavy (non-hydrogen) atoms. The summed E-state index contributed by atoms with van der Waals surface area (Å²) in [6.45, 7) is 1.77. The van der Waals surface area contributed by atoms with E-state index >= 15 is 0 Å². The van der Waals surface area contributed by atoms with Gasteiger partial charge in [-0.05, 0) is 55.5 Å². The Balaban J connectivity index is 1.73. The smallest absolute Gasteiger partial charge is 0.265 e. The summed E-state index contributed by atoms with van der Waals surface area (Å²) in [5.74, 6) is 0.686. The number of halogens is 1. The number of nitrogens with one attached hydrogen (secondary N) is 1. The fourth-order valence-electron chi connectivity index (χ4n) is 3.27. The summed E-state index contributed by atoms with van der Waals surface area (Å²) in [6.07, 6.45) is 0. The SMILES string of the molecule is COc1cc(-n2c(C)nc3ccccc3c2=O)ccc1NC(=O)c1ccc(Cl)cc1. The van der Waals surface area contributed by atoms with Gasteiger partial charge in [0.05, 0.1) is 29.4 Å². The number of amides is 1. The van der Waals surface area contributed by atoms with Crippen molar-refractivity contribution >= 4 is 34.1 Å². The fourth-order valence-corrected chi connectivity index (χ4v) is 3.39. The maximum Gasteiger partial charge on any atom is 0.265 e. The van der Waals surface area contributed by atoms with E-state index in [4.69, 9.17) is 16.3 Å². The topological polar surface area (TPSA) is 73.2 Å². The van der Waals surface area contributed by atoms with Crippen LogP contribution in [0.5, 0.6) is 5.75 Å². The van der Waals surface area contributed by atoms with Crippen molar-refractivity contribution in [3.05, 3.63) is 93.5 Å². The number of benzene rings is 3. The van der Waals surface area contributed by atoms with Gasteiger partial charge in [-0.15, -0.1) is 0 Å². The first-order valence-electron chi connectivity index (χ1n) is 9.21. The van der Waals surface area contributed by atoms with Gasteiger partial charge in [0.15, 0.2) is 0 Å². The van der Waals surface area contributed by atoms with Crippen molar-refractivity contribution in [1.82, 2.24) is 9.55 Å². The molecule has 1 heterocycles. The average Bonchev–Trinajstić information content (AvgIpc) is 2.75. The molecule has 3 aromatic carbocycles. The maximum absolute atomic E-state index is 13.0. The molecular weight excluding hydrogens is 402 g/mol. The second kappa shape index (κ2) is 8.00. The Hall–Kier alpha value is -3.64. The van der Waals surface area contributed by atoms with Crippen molar-refractivity contribution in [2.45, 2.75) is 6.92 Å². The van der Waals surface area contributed by atoms with E-state index in [1.807, 2.05) is 12.1 Å². The van der Waals surface area contributed by atoms with Crippen molar-refractivity contribution in [1.29, 1.82) is 0 Å². The van der Waals surface area contributed by atoms with Crippen molar-refractivity contribution in [3.63, 3.8) is 0 Å². The van der Waals surface area contributed by atoms with Crippen LogP contribution >= 0.6 is 11.6 Å². The minimum absolute atomic E-state index is 0.168. The summed E-state index contributed by atoms with van der Waals surface area (Å²) in [6, 6.07) is 18.9. The van der Waals surface area contributed by atoms with Gasteiger partial charge in [0, 0.05) is 16.7 Å². The average molecular weight is 420 g/mol. The normalized spacial score (nSPS) is 10.8. The van der Waals surface area contributed by atoms with Crippen molar-refractivity contribution in [3.8, 4) is 11.4 Å². The molecule has 0 saturated heterocycles. The number of carbonyl (C=O) groups excluding carboxylic acids is 1. The van der Waals surface area contributed by atoms with Crippen LogP contribution in [0, 0.1) is 6.92 Å². The number of carbonyl (C=O) groups is 1. The van der Waals surface area contributed by atoms with Crippen molar-refractivity contribution < 1.29 is 9.53 Å². The number of aryl methyl sites for hydroxylation is 1. The number of methoxy groups -OCH3 is 1. The van der Waals surface area contributed by atoms with Crippen molar-refractivity contribution in [2.75, 3.05) is 12.4 Å². The van der Waals surface area contributed by atoms with E-state index in [1.54, 1.807) is 61.5 Å². The number of hydrogen-bond donors (Lipinski definition) is 1. The van der Waals surface area contributed by atoms with E-state index in [9.17, 15) is 9.59 Å². The number of rotatable bonds is 4. The van der Waals surface area contributed by atoms with E-state index in [0.717, 1.165) is 0 Å². The Morgan fingerprint density at radius 1 is 1.07 bits per heavy atom. The van der Waals surface area contributed by atoms with Crippen LogP contribution in [-0.4, -0.2) is 22.6 Å². The molecule has 1 N–H and O–H groups in total. The standard InChI is InChI=1S/C23H18ClN3O3/c1-14-25-19-6-4-3-5-18(19)23(29)27(14)17-11-12-20(21(13-17)30-2)26-22(28)15-7-9-16(24)10-8-15/h3-13H,1-2H3,(H,26,28). The molecule has 4 rings (SSSR count). The van der Waals surface area contributed by atoms with E-state index < -0.39 is 0 Å². The molecule has 0 spiro atoms. The zero-order valence-electron chi connectivity index (χ0n) is 16.3. The highest BCUT2D eigenvalue weighted by Gasteiger charge is 2.14. The highest BCUT2D eigenvalue weighted by Crippen LogP contribution is 2.28. The van der Waals surface area contributed by atoms with Gasteiger partial charge < -0.3 is 10.1 Å². The van der Waals surface area contributed by atoms with E-state index in [0.29, 0.717) is 44.4 Å². The Kier molecular flexibility index (Phi) is 5.25. The van der Waals surface area contributed by atoms with E-state index in [-0.39, 0.29) is 11.5 Å². The number of para-hydroxylation sites is 1. The first-order chi connectivity index (χ1) is 14.5. The molecular formula is C23H18ClN3O3. The van der Waals surface area contributed by atoms with Crippen LogP contribution in [0.2, 0.25) is 5.02 Å². The van der Waals surface area contributed by atoms with Crippen LogP contribution in [0.25, 0.3) is 16.6 Å². The Morgan fingerprint density at radius 3 is 2.53 bits per heavy atom. The molecule has 0 fully saturated rings. The van der Waals surface area contributed by atoms with Crippen LogP contribution in [0.3, 0.4) is 0 Å². The van der Waals surface area contributed by atoms with E-state index in [1.165, 1.54) is 11.7 Å². The molecule has 0 aliphatic carbocycles. The molecule has 0 bridgehead atoms. The summed E-state index contributed by atoms with van der Waals surface area (Å²) in [4.78, 5) is 30.1. The van der Waals surface area contributed by atoms with Gasteiger partial charge in [0.25, 0.3) is 11.5 Å². The molecule has 0 aliphatic rings. The van der Waals surface area contributed by atoms with Gasteiger partial charge >= 0.3 is 0 Å². The third-order valence-electron chi connectivity index (χ3n) is 4.74. The molecule has 1 aromatic heterocycles. The molecule has 150 valence electrons. The Morgan fingerprint density at radius 2 is 1.80 bits per heavy atom. The molecule has 0 radical (unpaired) electrons. The quantitative estimate of drug-likeness (QED) is 0.524. The lowest BCUT2D eigenvalue weighted by Crippen LogP contribution is -2.22. The number of anilines is 1. The minimum atomic E-state index is -0.293. The summed E-state index contributed by atoms with van der Waals surface area (Å²) < 4.78 is 6.98. The second-order valence-corrected chi connectivity index (χ2v) is 7.10. The number of nitrogens with zero attached hydrogens (tertiary/aromatic N) is 2. The largest absolute Gasteiger partial charge is 0.494 e. The third kappa shape index (κ3) is 3.65. The molecule has 0 unspecified atom stereocenters. The van der Waals surface area contributed by atoms with Gasteiger partial charge in [-0.1, -0.05) is 23.7 Å². The number of hydrogen-bond acceptors (Lipinski definition) is 4. The lowest BCUT2D eigenvalue weighted by Gasteiger charge is -2.15. The highest BCUT2D eigenvalue weighted by molar-refractivity contribution is 6.30. The molecule has 0 aliphatic heterocycles. The predicted octanol–water partition coefficient (Wildman–Crippen LogP) is 4.61. The molecule has 0 atom stereocenters. The zero-order chi connectivity index (χ0) is 21.3. The zero-order valence-corrected chi connectivity index (χ0v) is 17.1. The Bertz CT molecular complexity index is 1310. The summed E-state index contributed by atoms with van der Waals surface area (Å²) in [7, 11) is 1.51. The van der Waals surface area contributed by atoms with Crippen LogP contribution < -0.4 is 15.6 Å². The highest BCUT2D eigenvalue weighted by atomic mass is 35.5. The number of fused-ring (bicyclic) bond motifs is 1. The molecule has 7 heteroatoms. The fraction of sp³-hybridized carbons (Fsp3) is 0.0870. The van der Waals surface area contributed by atoms with Gasteiger partial charge in [-0.25, -0.2) is 4.98 Å². The molecule has 6 nitrogen and oxygen atoms in total. The number of ether oxygens (including phenoxy) is 1. The van der Waals surface area contributed by atoms with Crippen LogP contribution in [0.4, 0.5) is 5.69 Å². The lowest BCUT2D eigenvalue weighted by atomic mass is 10.2. The number of aromatic nitrogens is 2. The van der Waals surface area contributed by atoms with E-state index in [2.05, 4.69) is 10.3 Å². The van der Waals surface area contributed by atoms with Crippen molar-refractivity contribution in [2.24, 2.45) is 0 Å². The summed E-state index contributed by atoms with van der Waals surface area (Å²) >= 11 is 5.88. The summed E-state index contributed by atoms with van der Waals surface area (Å²) in [5.41, 5.74) is 2.03. The second-order valence-electron chi connectivity index (χ2n) is 6.66. The first kappa shape index (κ1) is 19.7. The Labute approximate surface area is 177 Å².